The molecule has 1 aromatic heterocycles. The average Bonchev–Trinajstić information content (AvgIpc) is 3.24. The van der Waals surface area contributed by atoms with Crippen molar-refractivity contribution >= 4 is 5.91 Å². The van der Waals surface area contributed by atoms with Crippen LogP contribution in [-0.4, -0.2) is 63.2 Å². The number of fused-ring (bicyclic) bond motifs is 1. The van der Waals surface area contributed by atoms with E-state index in [1.54, 1.807) is 6.92 Å². The molecule has 1 amide bonds. The zero-order chi connectivity index (χ0) is 17.9. The van der Waals surface area contributed by atoms with Crippen molar-refractivity contribution in [3.8, 4) is 0 Å². The van der Waals surface area contributed by atoms with E-state index in [-0.39, 0.29) is 5.91 Å². The van der Waals surface area contributed by atoms with Gasteiger partial charge in [0.1, 0.15) is 11.6 Å². The Balaban J connectivity index is 1.38. The molecule has 0 saturated carbocycles. The molecule has 1 unspecified atom stereocenters. The number of carbonyl (C=O) groups excluding carboxylic acids is 1. The van der Waals surface area contributed by atoms with Crippen molar-refractivity contribution in [3.05, 3.63) is 47.5 Å². The van der Waals surface area contributed by atoms with E-state index >= 15 is 0 Å². The summed E-state index contributed by atoms with van der Waals surface area (Å²) in [5.74, 6) is 2.67. The minimum Gasteiger partial charge on any atom is -0.342 e. The molecule has 0 spiro atoms. The highest BCUT2D eigenvalue weighted by molar-refractivity contribution is 5.73. The van der Waals surface area contributed by atoms with Gasteiger partial charge in [-0.3, -0.25) is 4.79 Å². The molecule has 2 aromatic rings. The normalized spacial score (nSPS) is 20.8. The van der Waals surface area contributed by atoms with Crippen LogP contribution in [0.5, 0.6) is 0 Å². The number of carbonyl (C=O) groups is 1. The highest BCUT2D eigenvalue weighted by atomic mass is 16.2. The van der Waals surface area contributed by atoms with Crippen molar-refractivity contribution in [2.24, 2.45) is 0 Å². The van der Waals surface area contributed by atoms with E-state index in [2.05, 4.69) is 50.0 Å². The first kappa shape index (κ1) is 17.2. The lowest BCUT2D eigenvalue weighted by atomic mass is 10.1. The van der Waals surface area contributed by atoms with Crippen molar-refractivity contribution in [2.75, 3.05) is 32.7 Å². The minimum absolute atomic E-state index is 0.162. The number of rotatable bonds is 4. The third kappa shape index (κ3) is 3.65. The average molecular weight is 353 g/mol. The number of hydrogen-bond donors (Lipinski definition) is 0. The van der Waals surface area contributed by atoms with Crippen molar-refractivity contribution < 1.29 is 4.79 Å². The van der Waals surface area contributed by atoms with Crippen LogP contribution in [0.1, 0.15) is 36.5 Å². The van der Waals surface area contributed by atoms with Crippen LogP contribution in [0.25, 0.3) is 0 Å². The van der Waals surface area contributed by atoms with E-state index in [0.29, 0.717) is 5.92 Å². The van der Waals surface area contributed by atoms with Crippen molar-refractivity contribution in [1.82, 2.24) is 24.6 Å². The maximum Gasteiger partial charge on any atom is 0.219 e. The SMILES string of the molecule is CC(=O)N1CCC(c2nnc3n2CCN(CCc2ccccc2)CC3)C1. The molecule has 2 aliphatic heterocycles. The van der Waals surface area contributed by atoms with E-state index in [1.807, 2.05) is 4.90 Å². The molecule has 26 heavy (non-hydrogen) atoms. The second-order valence-corrected chi connectivity index (χ2v) is 7.40. The predicted octanol–water partition coefficient (Wildman–Crippen LogP) is 1.71. The van der Waals surface area contributed by atoms with Crippen LogP contribution in [0.4, 0.5) is 0 Å². The molecule has 1 aromatic carbocycles. The zero-order valence-corrected chi connectivity index (χ0v) is 15.5. The monoisotopic (exact) mass is 353 g/mol. The fourth-order valence-corrected chi connectivity index (χ4v) is 4.10. The number of benzene rings is 1. The van der Waals surface area contributed by atoms with Crippen LogP contribution in [0.2, 0.25) is 0 Å². The smallest absolute Gasteiger partial charge is 0.219 e. The first-order chi connectivity index (χ1) is 12.7. The summed E-state index contributed by atoms with van der Waals surface area (Å²) in [5, 5.41) is 8.96. The van der Waals surface area contributed by atoms with Crippen LogP contribution in [-0.2, 0) is 24.2 Å². The van der Waals surface area contributed by atoms with Crippen LogP contribution < -0.4 is 0 Å². The molecule has 0 bridgehead atoms. The van der Waals surface area contributed by atoms with Gasteiger partial charge in [-0.1, -0.05) is 30.3 Å². The number of aromatic nitrogens is 3. The highest BCUT2D eigenvalue weighted by Gasteiger charge is 2.30. The number of hydrogen-bond acceptors (Lipinski definition) is 4. The highest BCUT2D eigenvalue weighted by Crippen LogP contribution is 2.27. The molecule has 6 heteroatoms. The molecule has 2 aliphatic rings. The van der Waals surface area contributed by atoms with Gasteiger partial charge in [0.05, 0.1) is 0 Å². The molecule has 1 atom stereocenters. The molecule has 6 nitrogen and oxygen atoms in total. The van der Waals surface area contributed by atoms with Crippen LogP contribution in [0.3, 0.4) is 0 Å². The first-order valence-corrected chi connectivity index (χ1v) is 9.64. The Hall–Kier alpha value is -2.21. The van der Waals surface area contributed by atoms with Crippen molar-refractivity contribution in [3.63, 3.8) is 0 Å². The molecule has 1 fully saturated rings. The molecule has 1 saturated heterocycles. The Kier molecular flexibility index (Phi) is 5.02. The van der Waals surface area contributed by atoms with Gasteiger partial charge in [-0.25, -0.2) is 0 Å². The maximum absolute atomic E-state index is 11.6. The summed E-state index contributed by atoms with van der Waals surface area (Å²) in [4.78, 5) is 16.1. The Labute approximate surface area is 154 Å². The first-order valence-electron chi connectivity index (χ1n) is 9.64. The second-order valence-electron chi connectivity index (χ2n) is 7.40. The zero-order valence-electron chi connectivity index (χ0n) is 15.5. The Morgan fingerprint density at radius 3 is 2.73 bits per heavy atom. The predicted molar refractivity (Wildman–Crippen MR) is 99.9 cm³/mol. The van der Waals surface area contributed by atoms with Gasteiger partial charge in [-0.05, 0) is 18.4 Å². The molecule has 0 aliphatic carbocycles. The number of nitrogens with zero attached hydrogens (tertiary/aromatic N) is 5. The summed E-state index contributed by atoms with van der Waals surface area (Å²) >= 11 is 0. The van der Waals surface area contributed by atoms with Crippen LogP contribution >= 0.6 is 0 Å². The maximum atomic E-state index is 11.6. The Morgan fingerprint density at radius 1 is 1.12 bits per heavy atom. The fourth-order valence-electron chi connectivity index (χ4n) is 4.10. The molecule has 4 rings (SSSR count). The van der Waals surface area contributed by atoms with Gasteiger partial charge < -0.3 is 14.4 Å². The van der Waals surface area contributed by atoms with Gasteiger partial charge in [0.25, 0.3) is 0 Å². The lowest BCUT2D eigenvalue weighted by Crippen LogP contribution is -2.29. The largest absolute Gasteiger partial charge is 0.342 e. The molecule has 0 radical (unpaired) electrons. The van der Waals surface area contributed by atoms with Crippen molar-refractivity contribution in [2.45, 2.75) is 38.6 Å². The van der Waals surface area contributed by atoms with E-state index in [9.17, 15) is 4.79 Å². The summed E-state index contributed by atoms with van der Waals surface area (Å²) in [6.07, 6.45) is 3.03. The lowest BCUT2D eigenvalue weighted by Gasteiger charge is -2.20. The molecular formula is C20H27N5O. The van der Waals surface area contributed by atoms with Crippen LogP contribution in [0.15, 0.2) is 30.3 Å². The van der Waals surface area contributed by atoms with Crippen molar-refractivity contribution in [1.29, 1.82) is 0 Å². The van der Waals surface area contributed by atoms with E-state index < -0.39 is 0 Å². The van der Waals surface area contributed by atoms with Gasteiger partial charge in [0.2, 0.25) is 5.91 Å². The van der Waals surface area contributed by atoms with Crippen LogP contribution in [0, 0.1) is 0 Å². The van der Waals surface area contributed by atoms with Gasteiger partial charge in [0.15, 0.2) is 0 Å². The Morgan fingerprint density at radius 2 is 1.96 bits per heavy atom. The van der Waals surface area contributed by atoms with E-state index in [0.717, 1.165) is 70.2 Å². The summed E-state index contributed by atoms with van der Waals surface area (Å²) in [5.41, 5.74) is 1.40. The summed E-state index contributed by atoms with van der Waals surface area (Å²) in [7, 11) is 0. The Bertz CT molecular complexity index is 757. The summed E-state index contributed by atoms with van der Waals surface area (Å²) < 4.78 is 2.32. The molecular weight excluding hydrogens is 326 g/mol. The standard InChI is InChI=1S/C20H27N5O/c1-16(26)24-12-8-18(15-24)20-22-21-19-9-11-23(13-14-25(19)20)10-7-17-5-3-2-4-6-17/h2-6,18H,7-15H2,1H3. The number of likely N-dealkylation sites (tertiary alicyclic amines) is 1. The quantitative estimate of drug-likeness (QED) is 0.840. The molecule has 0 N–H and O–H groups in total. The second kappa shape index (κ2) is 7.58. The minimum atomic E-state index is 0.162. The summed E-state index contributed by atoms with van der Waals surface area (Å²) in [6, 6.07) is 10.7. The third-order valence-electron chi connectivity index (χ3n) is 5.71. The lowest BCUT2D eigenvalue weighted by molar-refractivity contribution is -0.127. The fraction of sp³-hybridized carbons (Fsp3) is 0.550. The molecule has 138 valence electrons. The summed E-state index contributed by atoms with van der Waals surface area (Å²) in [6.45, 7) is 7.37. The number of amides is 1. The van der Waals surface area contributed by atoms with Gasteiger partial charge in [-0.15, -0.1) is 10.2 Å². The molecule has 3 heterocycles. The van der Waals surface area contributed by atoms with Gasteiger partial charge in [0, 0.05) is 58.5 Å². The van der Waals surface area contributed by atoms with E-state index in [4.69, 9.17) is 0 Å². The van der Waals surface area contributed by atoms with E-state index in [1.165, 1.54) is 5.56 Å². The van der Waals surface area contributed by atoms with Gasteiger partial charge in [-0.2, -0.15) is 0 Å². The topological polar surface area (TPSA) is 54.3 Å². The van der Waals surface area contributed by atoms with Gasteiger partial charge >= 0.3 is 0 Å². The third-order valence-corrected chi connectivity index (χ3v) is 5.71.